The van der Waals surface area contributed by atoms with Gasteiger partial charge in [-0.15, -0.1) is 16.4 Å². The highest BCUT2D eigenvalue weighted by atomic mass is 32.1. The van der Waals surface area contributed by atoms with Crippen LogP contribution in [0.4, 0.5) is 5.95 Å². The lowest BCUT2D eigenvalue weighted by molar-refractivity contribution is -0.111. The molecule has 0 fully saturated rings. The molecule has 1 N–H and O–H groups in total. The maximum atomic E-state index is 12.4. The number of rotatable bonds is 7. The van der Waals surface area contributed by atoms with Crippen LogP contribution in [0.25, 0.3) is 22.3 Å². The summed E-state index contributed by atoms with van der Waals surface area (Å²) < 4.78 is 17.7. The van der Waals surface area contributed by atoms with Crippen LogP contribution >= 0.6 is 11.3 Å². The van der Waals surface area contributed by atoms with Crippen LogP contribution in [0.1, 0.15) is 5.56 Å². The van der Waals surface area contributed by atoms with E-state index in [1.807, 2.05) is 29.6 Å². The highest BCUT2D eigenvalue weighted by molar-refractivity contribution is 7.15. The summed E-state index contributed by atoms with van der Waals surface area (Å²) >= 11 is 1.43. The molecule has 0 spiro atoms. The zero-order valence-corrected chi connectivity index (χ0v) is 18.0. The fourth-order valence-corrected chi connectivity index (χ4v) is 3.89. The lowest BCUT2D eigenvalue weighted by atomic mass is 10.1. The van der Waals surface area contributed by atoms with E-state index in [4.69, 9.17) is 14.2 Å². The second kappa shape index (κ2) is 8.88. The van der Waals surface area contributed by atoms with Crippen LogP contribution in [-0.4, -0.2) is 41.8 Å². The zero-order valence-electron chi connectivity index (χ0n) is 17.2. The molecule has 0 aliphatic carbocycles. The van der Waals surface area contributed by atoms with Gasteiger partial charge in [-0.3, -0.25) is 10.1 Å². The minimum absolute atomic E-state index is 0.218. The highest BCUT2D eigenvalue weighted by Crippen LogP contribution is 2.32. The van der Waals surface area contributed by atoms with Gasteiger partial charge in [0.15, 0.2) is 0 Å². The van der Waals surface area contributed by atoms with Crippen molar-refractivity contribution in [1.82, 2.24) is 14.6 Å². The van der Waals surface area contributed by atoms with Gasteiger partial charge in [0.1, 0.15) is 17.2 Å². The summed E-state index contributed by atoms with van der Waals surface area (Å²) in [5.74, 6) is 1.89. The maximum Gasteiger partial charge on any atom is 0.250 e. The number of anilines is 1. The van der Waals surface area contributed by atoms with Crippen LogP contribution in [-0.2, 0) is 4.79 Å². The van der Waals surface area contributed by atoms with Crippen molar-refractivity contribution >= 4 is 34.2 Å². The fraction of sp³-hybridized carbons (Fsp3) is 0.136. The third-order valence-corrected chi connectivity index (χ3v) is 5.37. The first-order valence-electron chi connectivity index (χ1n) is 9.31. The van der Waals surface area contributed by atoms with Crippen molar-refractivity contribution in [3.05, 3.63) is 59.5 Å². The molecule has 31 heavy (non-hydrogen) atoms. The minimum atomic E-state index is -0.359. The molecule has 8 nitrogen and oxygen atoms in total. The van der Waals surface area contributed by atoms with Gasteiger partial charge in [0, 0.05) is 22.6 Å². The quantitative estimate of drug-likeness (QED) is 0.438. The molecule has 2 aromatic heterocycles. The molecule has 2 aromatic carbocycles. The number of fused-ring (bicyclic) bond motifs is 1. The number of aromatic nitrogens is 3. The number of thiazole rings is 1. The lowest BCUT2D eigenvalue weighted by Crippen LogP contribution is -2.09. The van der Waals surface area contributed by atoms with E-state index in [1.54, 1.807) is 50.1 Å². The molecule has 0 aliphatic rings. The predicted molar refractivity (Wildman–Crippen MR) is 120 cm³/mol. The molecule has 0 saturated carbocycles. The van der Waals surface area contributed by atoms with Gasteiger partial charge in [-0.2, -0.15) is 4.98 Å². The highest BCUT2D eigenvalue weighted by Gasteiger charge is 2.15. The van der Waals surface area contributed by atoms with E-state index in [9.17, 15) is 4.79 Å². The lowest BCUT2D eigenvalue weighted by Gasteiger charge is -2.07. The molecule has 0 unspecified atom stereocenters. The van der Waals surface area contributed by atoms with Crippen molar-refractivity contribution in [2.24, 2.45) is 0 Å². The van der Waals surface area contributed by atoms with Gasteiger partial charge in [0.2, 0.25) is 4.96 Å². The number of hydrogen-bond acceptors (Lipinski definition) is 7. The van der Waals surface area contributed by atoms with Crippen LogP contribution in [0.5, 0.6) is 17.2 Å². The molecule has 0 radical (unpaired) electrons. The van der Waals surface area contributed by atoms with Gasteiger partial charge in [0.25, 0.3) is 11.9 Å². The first kappa shape index (κ1) is 20.4. The van der Waals surface area contributed by atoms with Crippen molar-refractivity contribution in [1.29, 1.82) is 0 Å². The van der Waals surface area contributed by atoms with E-state index in [0.717, 1.165) is 17.0 Å². The van der Waals surface area contributed by atoms with Crippen LogP contribution in [0.2, 0.25) is 0 Å². The van der Waals surface area contributed by atoms with E-state index in [0.29, 0.717) is 22.0 Å². The largest absolute Gasteiger partial charge is 0.497 e. The molecular formula is C22H20N4O4S. The molecule has 0 bridgehead atoms. The Bertz CT molecular complexity index is 1260. The van der Waals surface area contributed by atoms with E-state index in [1.165, 1.54) is 17.4 Å². The molecule has 0 atom stereocenters. The molecular weight excluding hydrogens is 416 g/mol. The van der Waals surface area contributed by atoms with Crippen LogP contribution in [0.15, 0.2) is 53.9 Å². The smallest absolute Gasteiger partial charge is 0.250 e. The van der Waals surface area contributed by atoms with Gasteiger partial charge in [-0.1, -0.05) is 12.1 Å². The normalized spacial score (nSPS) is 11.1. The SMILES string of the molecule is COc1ccc(OC)c(/C=C/C(=O)Nc2nc3scc(-c4ccccc4OC)n3n2)c1. The third-order valence-electron chi connectivity index (χ3n) is 4.55. The summed E-state index contributed by atoms with van der Waals surface area (Å²) in [4.78, 5) is 17.5. The van der Waals surface area contributed by atoms with E-state index in [2.05, 4.69) is 15.4 Å². The number of ether oxygens (including phenoxy) is 3. The van der Waals surface area contributed by atoms with Crippen molar-refractivity contribution in [3.63, 3.8) is 0 Å². The molecule has 0 aliphatic heterocycles. The Kier molecular flexibility index (Phi) is 5.85. The Morgan fingerprint density at radius 3 is 2.65 bits per heavy atom. The van der Waals surface area contributed by atoms with E-state index >= 15 is 0 Å². The molecule has 0 saturated heterocycles. The fourth-order valence-electron chi connectivity index (χ4n) is 3.06. The Morgan fingerprint density at radius 1 is 1.06 bits per heavy atom. The second-order valence-corrected chi connectivity index (χ2v) is 7.22. The van der Waals surface area contributed by atoms with E-state index in [-0.39, 0.29) is 11.9 Å². The Morgan fingerprint density at radius 2 is 1.87 bits per heavy atom. The summed E-state index contributed by atoms with van der Waals surface area (Å²) in [6, 6.07) is 13.0. The van der Waals surface area contributed by atoms with Gasteiger partial charge in [-0.05, 0) is 36.4 Å². The average Bonchev–Trinajstić information content (AvgIpc) is 3.37. The summed E-state index contributed by atoms with van der Waals surface area (Å²) in [5.41, 5.74) is 2.44. The number of methoxy groups -OCH3 is 3. The number of carbonyl (C=O) groups is 1. The average molecular weight is 436 g/mol. The topological polar surface area (TPSA) is 87.0 Å². The second-order valence-electron chi connectivity index (χ2n) is 6.38. The Labute approximate surface area is 182 Å². The molecule has 4 rings (SSSR count). The first-order valence-corrected chi connectivity index (χ1v) is 10.2. The molecule has 158 valence electrons. The molecule has 4 aromatic rings. The summed E-state index contributed by atoms with van der Waals surface area (Å²) in [5, 5.41) is 9.08. The number of hydrogen-bond donors (Lipinski definition) is 1. The number of carbonyl (C=O) groups excluding carboxylic acids is 1. The van der Waals surface area contributed by atoms with Gasteiger partial charge < -0.3 is 14.2 Å². The number of para-hydroxylation sites is 1. The van der Waals surface area contributed by atoms with Crippen molar-refractivity contribution < 1.29 is 19.0 Å². The van der Waals surface area contributed by atoms with Crippen molar-refractivity contribution in [3.8, 4) is 28.5 Å². The summed E-state index contributed by atoms with van der Waals surface area (Å²) in [7, 11) is 4.77. The molecule has 2 heterocycles. The predicted octanol–water partition coefficient (Wildman–Crippen LogP) is 4.14. The third kappa shape index (κ3) is 4.22. The Hall–Kier alpha value is -3.85. The zero-order chi connectivity index (χ0) is 21.8. The number of amides is 1. The van der Waals surface area contributed by atoms with Gasteiger partial charge >= 0.3 is 0 Å². The van der Waals surface area contributed by atoms with Crippen LogP contribution < -0.4 is 19.5 Å². The minimum Gasteiger partial charge on any atom is -0.497 e. The van der Waals surface area contributed by atoms with E-state index < -0.39 is 0 Å². The van der Waals surface area contributed by atoms with Crippen LogP contribution in [0.3, 0.4) is 0 Å². The van der Waals surface area contributed by atoms with Crippen molar-refractivity contribution in [2.45, 2.75) is 0 Å². The molecule has 9 heteroatoms. The van der Waals surface area contributed by atoms with Gasteiger partial charge in [-0.25, -0.2) is 4.52 Å². The molecule has 1 amide bonds. The van der Waals surface area contributed by atoms with Gasteiger partial charge in [0.05, 0.1) is 27.0 Å². The van der Waals surface area contributed by atoms with Crippen molar-refractivity contribution in [2.75, 3.05) is 26.6 Å². The summed E-state index contributed by atoms with van der Waals surface area (Å²) in [6.07, 6.45) is 3.04. The van der Waals surface area contributed by atoms with Crippen LogP contribution in [0, 0.1) is 0 Å². The number of nitrogens with zero attached hydrogens (tertiary/aromatic N) is 3. The first-order chi connectivity index (χ1) is 15.1. The standard InChI is InChI=1S/C22H20N4O4S/c1-28-15-9-10-18(29-2)14(12-15)8-11-20(27)23-21-24-22-26(25-21)17(13-31-22)16-6-4-5-7-19(16)30-3/h4-13H,1-3H3,(H,23,25,27)/b11-8+. The maximum absolute atomic E-state index is 12.4. The monoisotopic (exact) mass is 436 g/mol. The number of benzene rings is 2. The summed E-state index contributed by atoms with van der Waals surface area (Å²) in [6.45, 7) is 0. The number of nitrogens with one attached hydrogen (secondary N) is 1. The Balaban J connectivity index is 1.55.